The van der Waals surface area contributed by atoms with E-state index in [1.807, 2.05) is 0 Å². The van der Waals surface area contributed by atoms with E-state index in [2.05, 4.69) is 20.8 Å². The number of rotatable bonds is 2. The Balaban J connectivity index is 1.62. The lowest BCUT2D eigenvalue weighted by molar-refractivity contribution is -0.117. The fourth-order valence-corrected chi connectivity index (χ4v) is 2.59. The molecule has 1 aromatic heterocycles. The Hall–Kier alpha value is -1.36. The normalized spacial score (nSPS) is 33.2. The molecule has 1 unspecified atom stereocenters. The Morgan fingerprint density at radius 1 is 1.53 bits per heavy atom. The molecular weight excluding hydrogens is 192 g/mol. The summed E-state index contributed by atoms with van der Waals surface area (Å²) in [5.74, 6) is 1.54. The van der Waals surface area contributed by atoms with Gasteiger partial charge in [0.25, 0.3) is 0 Å². The van der Waals surface area contributed by atoms with Crippen molar-refractivity contribution in [1.82, 2.24) is 15.5 Å². The van der Waals surface area contributed by atoms with E-state index in [0.717, 1.165) is 25.2 Å². The fourth-order valence-electron chi connectivity index (χ4n) is 2.59. The SMILES string of the molecule is O=C(Nc1cn[nH]c1)C1[C@H]2CNCC[C@@H]12. The number of aromatic amines is 1. The van der Waals surface area contributed by atoms with Crippen molar-refractivity contribution in [2.75, 3.05) is 18.4 Å². The van der Waals surface area contributed by atoms with Gasteiger partial charge in [-0.05, 0) is 31.3 Å². The molecule has 2 aliphatic rings. The van der Waals surface area contributed by atoms with E-state index in [1.54, 1.807) is 12.4 Å². The van der Waals surface area contributed by atoms with Gasteiger partial charge in [0, 0.05) is 12.1 Å². The van der Waals surface area contributed by atoms with Crippen LogP contribution in [0, 0.1) is 17.8 Å². The minimum atomic E-state index is 0.148. The third-order valence-corrected chi connectivity index (χ3v) is 3.43. The van der Waals surface area contributed by atoms with Crippen molar-refractivity contribution in [2.24, 2.45) is 17.8 Å². The zero-order valence-corrected chi connectivity index (χ0v) is 8.36. The lowest BCUT2D eigenvalue weighted by atomic mass is 10.2. The van der Waals surface area contributed by atoms with Gasteiger partial charge in [-0.1, -0.05) is 0 Å². The molecule has 5 heteroatoms. The molecule has 2 fully saturated rings. The number of piperidine rings is 1. The standard InChI is InChI=1S/C10H14N4O/c15-10(14-6-3-12-13-4-6)9-7-1-2-11-5-8(7)9/h3-4,7-9,11H,1-2,5H2,(H,12,13)(H,14,15)/t7-,8+,9?/m1/s1. The van der Waals surface area contributed by atoms with Crippen LogP contribution in [0.4, 0.5) is 5.69 Å². The van der Waals surface area contributed by atoms with Gasteiger partial charge in [-0.2, -0.15) is 5.10 Å². The number of amides is 1. The summed E-state index contributed by atoms with van der Waals surface area (Å²) in [6.45, 7) is 2.05. The molecule has 3 N–H and O–H groups in total. The lowest BCUT2D eigenvalue weighted by Gasteiger charge is -2.07. The Morgan fingerprint density at radius 3 is 3.13 bits per heavy atom. The van der Waals surface area contributed by atoms with Crippen molar-refractivity contribution >= 4 is 11.6 Å². The topological polar surface area (TPSA) is 69.8 Å². The van der Waals surface area contributed by atoms with Crippen molar-refractivity contribution in [3.8, 4) is 0 Å². The third-order valence-electron chi connectivity index (χ3n) is 3.43. The predicted octanol–water partition coefficient (Wildman–Crippen LogP) is 0.204. The van der Waals surface area contributed by atoms with E-state index < -0.39 is 0 Å². The van der Waals surface area contributed by atoms with E-state index in [1.165, 1.54) is 0 Å². The van der Waals surface area contributed by atoms with E-state index in [4.69, 9.17) is 0 Å². The zero-order chi connectivity index (χ0) is 10.3. The van der Waals surface area contributed by atoms with Gasteiger partial charge in [0.2, 0.25) is 5.91 Å². The molecule has 0 aromatic carbocycles. The summed E-state index contributed by atoms with van der Waals surface area (Å²) >= 11 is 0. The molecule has 0 spiro atoms. The fraction of sp³-hybridized carbons (Fsp3) is 0.600. The second kappa shape index (κ2) is 3.34. The summed E-state index contributed by atoms with van der Waals surface area (Å²) in [6, 6.07) is 0. The maximum atomic E-state index is 11.9. The summed E-state index contributed by atoms with van der Waals surface area (Å²) in [5.41, 5.74) is 0.761. The van der Waals surface area contributed by atoms with Crippen LogP contribution in [0.2, 0.25) is 0 Å². The van der Waals surface area contributed by atoms with Gasteiger partial charge in [-0.15, -0.1) is 0 Å². The molecule has 1 saturated carbocycles. The minimum absolute atomic E-state index is 0.148. The van der Waals surface area contributed by atoms with Gasteiger partial charge in [-0.3, -0.25) is 9.89 Å². The number of nitrogens with one attached hydrogen (secondary N) is 3. The van der Waals surface area contributed by atoms with Crippen LogP contribution in [0.1, 0.15) is 6.42 Å². The third kappa shape index (κ3) is 1.52. The summed E-state index contributed by atoms with van der Waals surface area (Å²) in [4.78, 5) is 11.9. The average molecular weight is 206 g/mol. The van der Waals surface area contributed by atoms with Crippen LogP contribution in [0.15, 0.2) is 12.4 Å². The molecule has 0 bridgehead atoms. The summed E-state index contributed by atoms with van der Waals surface area (Å²) < 4.78 is 0. The number of H-pyrrole nitrogens is 1. The van der Waals surface area contributed by atoms with Crippen LogP contribution in [-0.2, 0) is 4.79 Å². The van der Waals surface area contributed by atoms with E-state index in [0.29, 0.717) is 11.8 Å². The first kappa shape index (κ1) is 8.91. The first-order chi connectivity index (χ1) is 7.36. The number of nitrogens with zero attached hydrogens (tertiary/aromatic N) is 1. The highest BCUT2D eigenvalue weighted by atomic mass is 16.2. The van der Waals surface area contributed by atoms with Crippen molar-refractivity contribution in [3.05, 3.63) is 12.4 Å². The Kier molecular flexibility index (Phi) is 1.98. The van der Waals surface area contributed by atoms with Gasteiger partial charge < -0.3 is 10.6 Å². The number of fused-ring (bicyclic) bond motifs is 1. The predicted molar refractivity (Wildman–Crippen MR) is 55.2 cm³/mol. The van der Waals surface area contributed by atoms with Crippen LogP contribution in [-0.4, -0.2) is 29.2 Å². The zero-order valence-electron chi connectivity index (χ0n) is 8.36. The van der Waals surface area contributed by atoms with Gasteiger partial charge in [0.15, 0.2) is 0 Å². The van der Waals surface area contributed by atoms with Crippen LogP contribution < -0.4 is 10.6 Å². The molecule has 3 atom stereocenters. The van der Waals surface area contributed by atoms with E-state index >= 15 is 0 Å². The molecule has 1 aromatic rings. The van der Waals surface area contributed by atoms with Crippen molar-refractivity contribution in [1.29, 1.82) is 0 Å². The van der Waals surface area contributed by atoms with Gasteiger partial charge in [0.1, 0.15) is 0 Å². The highest BCUT2D eigenvalue weighted by Crippen LogP contribution is 2.50. The number of carbonyl (C=O) groups excluding carboxylic acids is 1. The van der Waals surface area contributed by atoms with Gasteiger partial charge in [0.05, 0.1) is 11.9 Å². The van der Waals surface area contributed by atoms with Gasteiger partial charge >= 0.3 is 0 Å². The Morgan fingerprint density at radius 2 is 2.47 bits per heavy atom. The smallest absolute Gasteiger partial charge is 0.228 e. The van der Waals surface area contributed by atoms with E-state index in [-0.39, 0.29) is 11.8 Å². The van der Waals surface area contributed by atoms with Crippen molar-refractivity contribution in [2.45, 2.75) is 6.42 Å². The molecule has 1 aliphatic carbocycles. The number of aromatic nitrogens is 2. The highest BCUT2D eigenvalue weighted by molar-refractivity contribution is 5.94. The maximum Gasteiger partial charge on any atom is 0.228 e. The monoisotopic (exact) mass is 206 g/mol. The molecule has 80 valence electrons. The second-order valence-electron chi connectivity index (χ2n) is 4.32. The van der Waals surface area contributed by atoms with Crippen LogP contribution in [0.25, 0.3) is 0 Å². The van der Waals surface area contributed by atoms with Crippen LogP contribution in [0.3, 0.4) is 0 Å². The molecule has 3 rings (SSSR count). The number of anilines is 1. The largest absolute Gasteiger partial charge is 0.323 e. The number of hydrogen-bond donors (Lipinski definition) is 3. The summed E-state index contributed by atoms with van der Waals surface area (Å²) in [7, 11) is 0. The first-order valence-corrected chi connectivity index (χ1v) is 5.36. The first-order valence-electron chi connectivity index (χ1n) is 5.36. The average Bonchev–Trinajstić information content (AvgIpc) is 2.77. The Labute approximate surface area is 87.6 Å². The van der Waals surface area contributed by atoms with Crippen LogP contribution >= 0.6 is 0 Å². The molecule has 15 heavy (non-hydrogen) atoms. The molecule has 1 amide bonds. The van der Waals surface area contributed by atoms with Gasteiger partial charge in [-0.25, -0.2) is 0 Å². The number of carbonyl (C=O) groups is 1. The lowest BCUT2D eigenvalue weighted by Crippen LogP contribution is -2.23. The molecule has 5 nitrogen and oxygen atoms in total. The molecule has 1 aliphatic heterocycles. The molecule has 2 heterocycles. The second-order valence-corrected chi connectivity index (χ2v) is 4.32. The minimum Gasteiger partial charge on any atom is -0.323 e. The summed E-state index contributed by atoms with van der Waals surface area (Å²) in [5, 5.41) is 12.7. The maximum absolute atomic E-state index is 11.9. The number of hydrogen-bond acceptors (Lipinski definition) is 3. The van der Waals surface area contributed by atoms with E-state index in [9.17, 15) is 4.79 Å². The molecular formula is C10H14N4O. The summed E-state index contributed by atoms with van der Waals surface area (Å²) in [6.07, 6.45) is 4.46. The molecule has 1 saturated heterocycles. The van der Waals surface area contributed by atoms with Crippen molar-refractivity contribution < 1.29 is 4.79 Å². The Bertz CT molecular complexity index is 350. The van der Waals surface area contributed by atoms with Crippen molar-refractivity contribution in [3.63, 3.8) is 0 Å². The quantitative estimate of drug-likeness (QED) is 0.647. The molecule has 0 radical (unpaired) electrons. The highest BCUT2D eigenvalue weighted by Gasteiger charge is 2.54. The van der Waals surface area contributed by atoms with Crippen LogP contribution in [0.5, 0.6) is 0 Å².